The lowest BCUT2D eigenvalue weighted by Crippen LogP contribution is -2.19. The number of hydrogen-bond acceptors (Lipinski definition) is 6. The highest BCUT2D eigenvalue weighted by atomic mass is 32.2. The topological polar surface area (TPSA) is 93.8 Å². The van der Waals surface area contributed by atoms with E-state index < -0.39 is 17.8 Å². The summed E-state index contributed by atoms with van der Waals surface area (Å²) in [5.74, 6) is 0.0274. The minimum Gasteiger partial charge on any atom is -0.370 e. The first-order valence-electron chi connectivity index (χ1n) is 8.84. The second-order valence-corrected chi connectivity index (χ2v) is 7.67. The van der Waals surface area contributed by atoms with Crippen LogP contribution in [0.2, 0.25) is 0 Å². The van der Waals surface area contributed by atoms with Crippen LogP contribution in [0.1, 0.15) is 23.0 Å². The van der Waals surface area contributed by atoms with Gasteiger partial charge in [-0.3, -0.25) is 13.9 Å². The molecule has 2 N–H and O–H groups in total. The first kappa shape index (κ1) is 21.7. The van der Waals surface area contributed by atoms with Crippen LogP contribution < -0.4 is 16.3 Å². The molecule has 1 amide bonds. The Hall–Kier alpha value is -3.02. The number of hydrogen-bond donors (Lipinski definition) is 2. The Balaban J connectivity index is 2.10. The Labute approximate surface area is 173 Å². The molecule has 160 valence electrons. The predicted molar refractivity (Wildman–Crippen MR) is 109 cm³/mol. The summed E-state index contributed by atoms with van der Waals surface area (Å²) in [4.78, 5) is 25.8. The quantitative estimate of drug-likeness (QED) is 0.593. The van der Waals surface area contributed by atoms with Gasteiger partial charge in [0, 0.05) is 26.0 Å². The Morgan fingerprint density at radius 2 is 1.77 bits per heavy atom. The van der Waals surface area contributed by atoms with Gasteiger partial charge in [0.1, 0.15) is 0 Å². The van der Waals surface area contributed by atoms with E-state index in [2.05, 4.69) is 20.8 Å². The van der Waals surface area contributed by atoms with E-state index in [4.69, 9.17) is 0 Å². The highest BCUT2D eigenvalue weighted by Crippen LogP contribution is 2.32. The lowest BCUT2D eigenvalue weighted by Gasteiger charge is -2.14. The number of nitrogens with zero attached hydrogens (tertiary/aromatic N) is 4. The van der Waals surface area contributed by atoms with Gasteiger partial charge in [-0.25, -0.2) is 4.79 Å². The van der Waals surface area contributed by atoms with Gasteiger partial charge < -0.3 is 10.6 Å². The van der Waals surface area contributed by atoms with Crippen LogP contribution in [0.25, 0.3) is 11.0 Å². The minimum absolute atomic E-state index is 0.00534. The van der Waals surface area contributed by atoms with E-state index in [0.717, 1.165) is 6.07 Å². The van der Waals surface area contributed by atoms with E-state index >= 15 is 0 Å². The number of anilines is 2. The second-order valence-electron chi connectivity index (χ2n) is 6.36. The summed E-state index contributed by atoms with van der Waals surface area (Å²) < 4.78 is 41.9. The Kier molecular flexibility index (Phi) is 5.79. The molecular formula is C18H19F3N6O2S. The summed E-state index contributed by atoms with van der Waals surface area (Å²) >= 11 is 1.39. The van der Waals surface area contributed by atoms with Crippen LogP contribution in [-0.2, 0) is 20.3 Å². The van der Waals surface area contributed by atoms with Gasteiger partial charge in [-0.05, 0) is 24.0 Å². The van der Waals surface area contributed by atoms with Gasteiger partial charge in [-0.2, -0.15) is 13.2 Å². The van der Waals surface area contributed by atoms with Gasteiger partial charge >= 0.3 is 11.9 Å². The van der Waals surface area contributed by atoms with Crippen molar-refractivity contribution in [1.82, 2.24) is 19.3 Å². The molecule has 0 aliphatic heterocycles. The Bertz CT molecular complexity index is 1190. The first-order valence-corrected chi connectivity index (χ1v) is 9.83. The number of amides is 1. The number of thioether (sulfide) groups is 1. The summed E-state index contributed by atoms with van der Waals surface area (Å²) in [6.45, 7) is 1.90. The fourth-order valence-corrected chi connectivity index (χ4v) is 3.79. The monoisotopic (exact) mass is 440 g/mol. The van der Waals surface area contributed by atoms with Crippen LogP contribution in [-0.4, -0.2) is 38.0 Å². The van der Waals surface area contributed by atoms with Crippen molar-refractivity contribution in [3.05, 3.63) is 39.9 Å². The molecule has 0 atom stereocenters. The smallest absolute Gasteiger partial charge is 0.370 e. The molecule has 0 aliphatic rings. The zero-order chi connectivity index (χ0) is 22.2. The van der Waals surface area contributed by atoms with Crippen molar-refractivity contribution in [1.29, 1.82) is 0 Å². The zero-order valence-electron chi connectivity index (χ0n) is 16.6. The number of fused-ring (bicyclic) bond motifs is 1. The van der Waals surface area contributed by atoms with E-state index in [1.165, 1.54) is 27.9 Å². The third kappa shape index (κ3) is 3.86. The molecular weight excluding hydrogens is 421 g/mol. The Morgan fingerprint density at radius 1 is 1.13 bits per heavy atom. The van der Waals surface area contributed by atoms with Crippen molar-refractivity contribution in [2.24, 2.45) is 14.1 Å². The van der Waals surface area contributed by atoms with Gasteiger partial charge in [0.2, 0.25) is 0 Å². The molecule has 0 unspecified atom stereocenters. The van der Waals surface area contributed by atoms with Gasteiger partial charge in [0.25, 0.3) is 5.91 Å². The predicted octanol–water partition coefficient (Wildman–Crippen LogP) is 3.09. The van der Waals surface area contributed by atoms with Gasteiger partial charge in [0.05, 0.1) is 22.3 Å². The van der Waals surface area contributed by atoms with E-state index in [0.29, 0.717) is 21.7 Å². The lowest BCUT2D eigenvalue weighted by atomic mass is 10.1. The molecule has 1 aromatic carbocycles. The molecule has 0 fully saturated rings. The largest absolute Gasteiger partial charge is 0.435 e. The molecule has 0 spiro atoms. The third-order valence-electron chi connectivity index (χ3n) is 4.49. The molecule has 3 aromatic rings. The zero-order valence-corrected chi connectivity index (χ0v) is 17.4. The fourth-order valence-electron chi connectivity index (χ4n) is 2.98. The molecule has 8 nitrogen and oxygen atoms in total. The molecule has 30 heavy (non-hydrogen) atoms. The molecule has 0 radical (unpaired) electrons. The van der Waals surface area contributed by atoms with E-state index in [9.17, 15) is 22.8 Å². The van der Waals surface area contributed by atoms with Crippen LogP contribution >= 0.6 is 11.8 Å². The van der Waals surface area contributed by atoms with Crippen molar-refractivity contribution in [3.63, 3.8) is 0 Å². The highest BCUT2D eigenvalue weighted by molar-refractivity contribution is 7.99. The first-order chi connectivity index (χ1) is 14.1. The van der Waals surface area contributed by atoms with Crippen molar-refractivity contribution < 1.29 is 18.0 Å². The number of halogens is 3. The standard InChI is InChI=1S/C18H19F3N6O2S/c1-5-30-13-8-12-11(26(3)17(29)27(12)4)6-9(13)16(28)23-10-7-14(18(19,20)21)24-25-15(10)22-2/h6-8H,5H2,1-4H3,(H,22,25)(H,23,24,28). The summed E-state index contributed by atoms with van der Waals surface area (Å²) in [6, 6.07) is 4.01. The summed E-state index contributed by atoms with van der Waals surface area (Å²) in [5.41, 5.74) is -0.203. The number of imidazole rings is 1. The van der Waals surface area contributed by atoms with E-state index in [-0.39, 0.29) is 22.8 Å². The maximum atomic E-state index is 13.0. The Morgan fingerprint density at radius 3 is 2.33 bits per heavy atom. The molecule has 0 saturated heterocycles. The maximum absolute atomic E-state index is 13.0. The molecule has 2 aromatic heterocycles. The van der Waals surface area contributed by atoms with Crippen LogP contribution in [0.15, 0.2) is 27.9 Å². The van der Waals surface area contributed by atoms with Gasteiger partial charge in [-0.15, -0.1) is 22.0 Å². The second kappa shape index (κ2) is 8.01. The number of aryl methyl sites for hydroxylation is 2. The summed E-state index contributed by atoms with van der Waals surface area (Å²) in [7, 11) is 4.67. The van der Waals surface area contributed by atoms with Crippen LogP contribution in [0.5, 0.6) is 0 Å². The van der Waals surface area contributed by atoms with Crippen molar-refractivity contribution in [2.45, 2.75) is 18.0 Å². The van der Waals surface area contributed by atoms with Crippen molar-refractivity contribution in [3.8, 4) is 0 Å². The van der Waals surface area contributed by atoms with Crippen molar-refractivity contribution >= 4 is 40.2 Å². The fraction of sp³-hybridized carbons (Fsp3) is 0.333. The number of nitrogens with one attached hydrogen (secondary N) is 2. The molecule has 3 rings (SSSR count). The average Bonchev–Trinajstić information content (AvgIpc) is 2.90. The van der Waals surface area contributed by atoms with Gasteiger partial charge in [-0.1, -0.05) is 6.92 Å². The molecule has 0 saturated carbocycles. The maximum Gasteiger partial charge on any atom is 0.435 e. The number of rotatable bonds is 5. The molecule has 0 aliphatic carbocycles. The number of carbonyl (C=O) groups is 1. The summed E-state index contributed by atoms with van der Waals surface area (Å²) in [5, 5.41) is 11.7. The molecule has 12 heteroatoms. The van der Waals surface area contributed by atoms with Crippen molar-refractivity contribution in [2.75, 3.05) is 23.4 Å². The van der Waals surface area contributed by atoms with Crippen LogP contribution in [0.3, 0.4) is 0 Å². The van der Waals surface area contributed by atoms with Gasteiger partial charge in [0.15, 0.2) is 11.5 Å². The number of carbonyl (C=O) groups excluding carboxylic acids is 1. The van der Waals surface area contributed by atoms with E-state index in [1.807, 2.05) is 6.92 Å². The van der Waals surface area contributed by atoms with Crippen LogP contribution in [0, 0.1) is 0 Å². The number of benzene rings is 1. The van der Waals surface area contributed by atoms with Crippen LogP contribution in [0.4, 0.5) is 24.7 Å². The number of alkyl halides is 3. The average molecular weight is 440 g/mol. The van der Waals surface area contributed by atoms with E-state index in [1.54, 1.807) is 26.2 Å². The third-order valence-corrected chi connectivity index (χ3v) is 5.42. The highest BCUT2D eigenvalue weighted by Gasteiger charge is 2.34. The SMILES string of the molecule is CCSc1cc2c(cc1C(=O)Nc1cc(C(F)(F)F)nnc1NC)n(C)c(=O)n2C. The number of aromatic nitrogens is 4. The molecule has 2 heterocycles. The minimum atomic E-state index is -4.71. The molecule has 0 bridgehead atoms. The summed E-state index contributed by atoms with van der Waals surface area (Å²) in [6.07, 6.45) is -4.71. The normalized spacial score (nSPS) is 11.7. The lowest BCUT2D eigenvalue weighted by molar-refractivity contribution is -0.141.